The van der Waals surface area contributed by atoms with Crippen LogP contribution in [0.1, 0.15) is 24.8 Å². The summed E-state index contributed by atoms with van der Waals surface area (Å²) in [7, 11) is -1.68. The van der Waals surface area contributed by atoms with Gasteiger partial charge in [0.15, 0.2) is 21.3 Å². The standard InChI is InChI=1S/C18H22O5S/c1-21-16-8-7-13(11-17(16)23-14-9-10-22-12-14)15-5-3-4-6-18(15)24(2,19)20/h4,6-8,11,14H,3,5,9-10,12H2,1-2H3/t14-/m1/s1. The van der Waals surface area contributed by atoms with Crippen molar-refractivity contribution >= 4 is 15.4 Å². The van der Waals surface area contributed by atoms with Gasteiger partial charge in [0.25, 0.3) is 0 Å². The van der Waals surface area contributed by atoms with Crippen molar-refractivity contribution < 1.29 is 22.6 Å². The fourth-order valence-electron chi connectivity index (χ4n) is 3.02. The van der Waals surface area contributed by atoms with Crippen molar-refractivity contribution in [2.45, 2.75) is 25.4 Å². The van der Waals surface area contributed by atoms with E-state index in [1.807, 2.05) is 24.3 Å². The fourth-order valence-corrected chi connectivity index (χ4v) is 4.03. The van der Waals surface area contributed by atoms with E-state index in [4.69, 9.17) is 14.2 Å². The minimum absolute atomic E-state index is 0.00348. The maximum Gasteiger partial charge on any atom is 0.175 e. The van der Waals surface area contributed by atoms with Crippen LogP contribution < -0.4 is 9.47 Å². The zero-order valence-corrected chi connectivity index (χ0v) is 14.8. The molecule has 0 radical (unpaired) electrons. The maximum absolute atomic E-state index is 12.1. The second kappa shape index (κ2) is 6.99. The predicted molar refractivity (Wildman–Crippen MR) is 93.0 cm³/mol. The molecule has 0 aromatic heterocycles. The molecule has 1 heterocycles. The maximum atomic E-state index is 12.1. The van der Waals surface area contributed by atoms with E-state index < -0.39 is 9.84 Å². The van der Waals surface area contributed by atoms with Gasteiger partial charge in [-0.05, 0) is 42.2 Å². The van der Waals surface area contributed by atoms with Crippen LogP contribution in [0, 0.1) is 0 Å². The van der Waals surface area contributed by atoms with Gasteiger partial charge in [-0.3, -0.25) is 0 Å². The summed E-state index contributed by atoms with van der Waals surface area (Å²) in [4.78, 5) is 0.383. The Balaban J connectivity index is 2.01. The molecule has 3 rings (SSSR count). The predicted octanol–water partition coefficient (Wildman–Crippen LogP) is 2.97. The molecule has 0 N–H and O–H groups in total. The van der Waals surface area contributed by atoms with Crippen LogP contribution in [0.15, 0.2) is 35.3 Å². The second-order valence-corrected chi connectivity index (χ2v) is 8.01. The average molecular weight is 350 g/mol. The molecule has 1 saturated heterocycles. The van der Waals surface area contributed by atoms with Gasteiger partial charge in [-0.2, -0.15) is 0 Å². The molecule has 0 amide bonds. The van der Waals surface area contributed by atoms with Crippen LogP contribution in [-0.4, -0.2) is 41.1 Å². The molecule has 1 aliphatic carbocycles. The van der Waals surface area contributed by atoms with E-state index in [9.17, 15) is 8.42 Å². The van der Waals surface area contributed by atoms with Crippen molar-refractivity contribution in [1.29, 1.82) is 0 Å². The van der Waals surface area contributed by atoms with Crippen LogP contribution in [0.3, 0.4) is 0 Å². The highest BCUT2D eigenvalue weighted by Gasteiger charge is 2.22. The summed E-state index contributed by atoms with van der Waals surface area (Å²) in [5.41, 5.74) is 1.68. The fraction of sp³-hybridized carbons (Fsp3) is 0.444. The first-order valence-corrected chi connectivity index (χ1v) is 9.91. The molecule has 1 aromatic carbocycles. The third kappa shape index (κ3) is 3.65. The van der Waals surface area contributed by atoms with Crippen LogP contribution in [0.2, 0.25) is 0 Å². The largest absolute Gasteiger partial charge is 0.493 e. The SMILES string of the molecule is COc1ccc(C2=C(S(C)(=O)=O)C=CCC2)cc1O[C@@H]1CCOC1. The molecule has 6 heteroatoms. The van der Waals surface area contributed by atoms with Crippen molar-refractivity contribution in [1.82, 2.24) is 0 Å². The lowest BCUT2D eigenvalue weighted by Crippen LogP contribution is -2.16. The Morgan fingerprint density at radius 3 is 2.75 bits per heavy atom. The number of sulfone groups is 1. The highest BCUT2D eigenvalue weighted by atomic mass is 32.2. The van der Waals surface area contributed by atoms with Gasteiger partial charge in [0, 0.05) is 12.7 Å². The molecule has 1 aromatic rings. The number of rotatable bonds is 5. The van der Waals surface area contributed by atoms with Crippen molar-refractivity contribution in [2.75, 3.05) is 26.6 Å². The van der Waals surface area contributed by atoms with E-state index in [2.05, 4.69) is 0 Å². The van der Waals surface area contributed by atoms with E-state index in [1.165, 1.54) is 6.26 Å². The lowest BCUT2D eigenvalue weighted by atomic mass is 9.97. The van der Waals surface area contributed by atoms with Crippen LogP contribution in [-0.2, 0) is 14.6 Å². The van der Waals surface area contributed by atoms with Crippen LogP contribution >= 0.6 is 0 Å². The quantitative estimate of drug-likeness (QED) is 0.817. The summed E-state index contributed by atoms with van der Waals surface area (Å²) in [6.45, 7) is 1.26. The molecule has 0 saturated carbocycles. The van der Waals surface area contributed by atoms with Gasteiger partial charge < -0.3 is 14.2 Å². The summed E-state index contributed by atoms with van der Waals surface area (Å²) in [6.07, 6.45) is 7.20. The summed E-state index contributed by atoms with van der Waals surface area (Å²) in [6, 6.07) is 5.58. The van der Waals surface area contributed by atoms with Crippen molar-refractivity contribution in [3.8, 4) is 11.5 Å². The van der Waals surface area contributed by atoms with Gasteiger partial charge >= 0.3 is 0 Å². The first-order valence-electron chi connectivity index (χ1n) is 8.01. The van der Waals surface area contributed by atoms with Crippen LogP contribution in [0.4, 0.5) is 0 Å². The molecular weight excluding hydrogens is 328 g/mol. The Kier molecular flexibility index (Phi) is 4.96. The van der Waals surface area contributed by atoms with Crippen LogP contribution in [0.5, 0.6) is 11.5 Å². The summed E-state index contributed by atoms with van der Waals surface area (Å²) in [5.74, 6) is 1.26. The Hall–Kier alpha value is -1.79. The lowest BCUT2D eigenvalue weighted by Gasteiger charge is -2.19. The number of benzene rings is 1. The van der Waals surface area contributed by atoms with Crippen molar-refractivity contribution in [3.63, 3.8) is 0 Å². The van der Waals surface area contributed by atoms with E-state index in [1.54, 1.807) is 13.2 Å². The van der Waals surface area contributed by atoms with Gasteiger partial charge in [0.1, 0.15) is 6.10 Å². The molecule has 0 bridgehead atoms. The van der Waals surface area contributed by atoms with Crippen molar-refractivity contribution in [2.24, 2.45) is 0 Å². The van der Waals surface area contributed by atoms with E-state index >= 15 is 0 Å². The minimum Gasteiger partial charge on any atom is -0.493 e. The van der Waals surface area contributed by atoms with Gasteiger partial charge in [-0.25, -0.2) is 8.42 Å². The number of hydrogen-bond acceptors (Lipinski definition) is 5. The summed E-state index contributed by atoms with van der Waals surface area (Å²) >= 11 is 0. The smallest absolute Gasteiger partial charge is 0.175 e. The Bertz CT molecular complexity index is 771. The highest BCUT2D eigenvalue weighted by molar-refractivity contribution is 7.95. The molecule has 5 nitrogen and oxygen atoms in total. The zero-order chi connectivity index (χ0) is 17.2. The van der Waals surface area contributed by atoms with Crippen molar-refractivity contribution in [3.05, 3.63) is 40.8 Å². The monoisotopic (exact) mass is 350 g/mol. The third-order valence-corrected chi connectivity index (χ3v) is 5.40. The van der Waals surface area contributed by atoms with E-state index in [-0.39, 0.29) is 6.10 Å². The topological polar surface area (TPSA) is 61.8 Å². The Labute approximate surface area is 142 Å². The number of methoxy groups -OCH3 is 1. The number of ether oxygens (including phenoxy) is 3. The molecule has 1 atom stereocenters. The molecule has 1 fully saturated rings. The molecule has 130 valence electrons. The van der Waals surface area contributed by atoms with Gasteiger partial charge in [0.2, 0.25) is 0 Å². The Morgan fingerprint density at radius 1 is 1.25 bits per heavy atom. The normalized spacial score (nSPS) is 21.2. The number of allylic oxidation sites excluding steroid dienone is 3. The molecule has 1 aliphatic heterocycles. The highest BCUT2D eigenvalue weighted by Crippen LogP contribution is 2.37. The van der Waals surface area contributed by atoms with Gasteiger partial charge in [0.05, 0.1) is 25.2 Å². The van der Waals surface area contributed by atoms with E-state index in [0.29, 0.717) is 36.0 Å². The molecule has 0 spiro atoms. The first-order chi connectivity index (χ1) is 11.5. The lowest BCUT2D eigenvalue weighted by molar-refractivity contribution is 0.138. The molecule has 0 unspecified atom stereocenters. The van der Waals surface area contributed by atoms with Gasteiger partial charge in [-0.1, -0.05) is 12.1 Å². The summed E-state index contributed by atoms with van der Waals surface area (Å²) < 4.78 is 40.9. The molecule has 24 heavy (non-hydrogen) atoms. The van der Waals surface area contributed by atoms with E-state index in [0.717, 1.165) is 24.0 Å². The second-order valence-electron chi connectivity index (χ2n) is 6.03. The zero-order valence-electron chi connectivity index (χ0n) is 13.9. The summed E-state index contributed by atoms with van der Waals surface area (Å²) in [5, 5.41) is 0. The first kappa shape index (κ1) is 17.0. The van der Waals surface area contributed by atoms with Gasteiger partial charge in [-0.15, -0.1) is 0 Å². The minimum atomic E-state index is -3.27. The number of hydrogen-bond donors (Lipinski definition) is 0. The average Bonchev–Trinajstić information content (AvgIpc) is 3.07. The Morgan fingerprint density at radius 2 is 2.08 bits per heavy atom. The molecule has 2 aliphatic rings. The third-order valence-electron chi connectivity index (χ3n) is 4.22. The van der Waals surface area contributed by atoms with Crippen LogP contribution in [0.25, 0.3) is 5.57 Å². The molecular formula is C18H22O5S.